The quantitative estimate of drug-likeness (QED) is 0.593. The zero-order valence-corrected chi connectivity index (χ0v) is 17.8. The summed E-state index contributed by atoms with van der Waals surface area (Å²) in [6, 6.07) is 0.568. The van der Waals surface area contributed by atoms with Crippen molar-refractivity contribution in [2.75, 3.05) is 39.3 Å². The smallest absolute Gasteiger partial charge is 0.105 e. The first-order valence-corrected chi connectivity index (χ1v) is 10.3. The number of aromatic nitrogens is 2. The van der Waals surface area contributed by atoms with E-state index in [0.29, 0.717) is 6.04 Å². The highest BCUT2D eigenvalue weighted by Gasteiger charge is 2.19. The van der Waals surface area contributed by atoms with Crippen LogP contribution in [-0.4, -0.2) is 65.6 Å². The lowest BCUT2D eigenvalue weighted by Crippen LogP contribution is -2.38. The molecule has 150 valence electrons. The number of amidine groups is 1. The molecule has 6 heteroatoms. The van der Waals surface area contributed by atoms with Crippen molar-refractivity contribution in [3.8, 4) is 0 Å². The second-order valence-corrected chi connectivity index (χ2v) is 6.74. The van der Waals surface area contributed by atoms with Crippen LogP contribution >= 0.6 is 0 Å². The Hall–Kier alpha value is -1.40. The lowest BCUT2D eigenvalue weighted by Gasteiger charge is -2.24. The van der Waals surface area contributed by atoms with Gasteiger partial charge in [-0.1, -0.05) is 13.8 Å². The lowest BCUT2D eigenvalue weighted by atomic mass is 10.3. The number of nitrogens with zero attached hydrogens (tertiary/aromatic N) is 4. The number of imidazole rings is 1. The van der Waals surface area contributed by atoms with Gasteiger partial charge < -0.3 is 20.1 Å². The molecule has 2 rings (SSSR count). The minimum Gasteiger partial charge on any atom is -0.355 e. The highest BCUT2D eigenvalue weighted by atomic mass is 15.3. The summed E-state index contributed by atoms with van der Waals surface area (Å²) in [5, 5.41) is 7.07. The third kappa shape index (κ3) is 7.46. The molecule has 0 bridgehead atoms. The van der Waals surface area contributed by atoms with Gasteiger partial charge in [-0.2, -0.15) is 0 Å². The number of hydrogen-bond acceptors (Lipinski definition) is 5. The van der Waals surface area contributed by atoms with Crippen LogP contribution in [0.5, 0.6) is 0 Å². The molecule has 0 saturated carbocycles. The topological polar surface area (TPSA) is 57.5 Å². The predicted octanol–water partition coefficient (Wildman–Crippen LogP) is 2.61. The van der Waals surface area contributed by atoms with E-state index in [-0.39, 0.29) is 0 Å². The first-order chi connectivity index (χ1) is 12.6. The molecule has 1 aromatic heterocycles. The van der Waals surface area contributed by atoms with Gasteiger partial charge in [0.05, 0.1) is 12.4 Å². The summed E-state index contributed by atoms with van der Waals surface area (Å²) < 4.78 is 2.26. The van der Waals surface area contributed by atoms with Crippen molar-refractivity contribution in [1.29, 1.82) is 0 Å². The van der Waals surface area contributed by atoms with E-state index in [1.807, 2.05) is 20.0 Å². The van der Waals surface area contributed by atoms with Gasteiger partial charge >= 0.3 is 0 Å². The minimum atomic E-state index is 0.568. The maximum Gasteiger partial charge on any atom is 0.105 e. The summed E-state index contributed by atoms with van der Waals surface area (Å²) >= 11 is 0. The average Bonchev–Trinajstić information content (AvgIpc) is 3.14. The van der Waals surface area contributed by atoms with Gasteiger partial charge in [-0.25, -0.2) is 4.98 Å². The zero-order valence-electron chi connectivity index (χ0n) is 17.8. The summed E-state index contributed by atoms with van der Waals surface area (Å²) in [5.74, 6) is 2.29. The van der Waals surface area contributed by atoms with Crippen molar-refractivity contribution >= 4 is 5.84 Å². The molecule has 26 heavy (non-hydrogen) atoms. The molecule has 2 heterocycles. The molecule has 0 aliphatic carbocycles. The maximum atomic E-state index is 4.49. The Labute approximate surface area is 160 Å². The summed E-state index contributed by atoms with van der Waals surface area (Å²) in [5.41, 5.74) is 1.24. The fraction of sp³-hybridized carbons (Fsp3) is 0.800. The van der Waals surface area contributed by atoms with Crippen LogP contribution in [0.3, 0.4) is 0 Å². The molecule has 1 unspecified atom stereocenters. The molecule has 1 atom stereocenters. The number of rotatable bonds is 11. The zero-order chi connectivity index (χ0) is 19.4. The van der Waals surface area contributed by atoms with Crippen LogP contribution in [0.2, 0.25) is 0 Å². The van der Waals surface area contributed by atoms with Gasteiger partial charge in [-0.05, 0) is 53.6 Å². The second-order valence-electron chi connectivity index (χ2n) is 6.74. The number of hydrogen-bond donors (Lipinski definition) is 2. The Balaban J connectivity index is 0.00000163. The van der Waals surface area contributed by atoms with Crippen molar-refractivity contribution in [3.63, 3.8) is 0 Å². The molecule has 0 aromatic carbocycles. The van der Waals surface area contributed by atoms with Crippen molar-refractivity contribution < 1.29 is 0 Å². The van der Waals surface area contributed by atoms with Crippen molar-refractivity contribution in [2.45, 2.75) is 67.0 Å². The third-order valence-corrected chi connectivity index (χ3v) is 4.79. The fourth-order valence-electron chi connectivity index (χ4n) is 3.21. The normalized spacial score (nSPS) is 16.5. The maximum absolute atomic E-state index is 4.49. The molecule has 0 spiro atoms. The van der Waals surface area contributed by atoms with Gasteiger partial charge in [0.15, 0.2) is 0 Å². The van der Waals surface area contributed by atoms with E-state index in [1.54, 1.807) is 0 Å². The van der Waals surface area contributed by atoms with E-state index in [0.717, 1.165) is 51.6 Å². The predicted molar refractivity (Wildman–Crippen MR) is 112 cm³/mol. The van der Waals surface area contributed by atoms with E-state index < -0.39 is 0 Å². The molecule has 0 radical (unpaired) electrons. The van der Waals surface area contributed by atoms with Crippen LogP contribution in [0.1, 0.15) is 52.1 Å². The number of aryl methyl sites for hydroxylation is 2. The molecule has 1 aliphatic heterocycles. The van der Waals surface area contributed by atoms with E-state index in [1.165, 1.54) is 24.4 Å². The van der Waals surface area contributed by atoms with Gasteiger partial charge in [-0.3, -0.25) is 4.99 Å². The Morgan fingerprint density at radius 1 is 1.00 bits per heavy atom. The monoisotopic (exact) mass is 364 g/mol. The van der Waals surface area contributed by atoms with Gasteiger partial charge in [0, 0.05) is 44.1 Å². The summed E-state index contributed by atoms with van der Waals surface area (Å²) in [6.45, 7) is 19.8. The minimum absolute atomic E-state index is 0.568. The molecular weight excluding hydrogens is 324 g/mol. The number of unbranched alkanes of at least 4 members (excludes halogenated alkanes) is 1. The molecule has 0 saturated heterocycles. The molecular formula is C20H40N6. The van der Waals surface area contributed by atoms with E-state index >= 15 is 0 Å². The van der Waals surface area contributed by atoms with Gasteiger partial charge in [-0.15, -0.1) is 0 Å². The SMILES string of the molecule is CC.CC1=NCC(C)N1CCNCCCCNCCn1c(C)cnc1C. The number of nitrogens with one attached hydrogen (secondary N) is 2. The van der Waals surface area contributed by atoms with Crippen LogP contribution in [0, 0.1) is 13.8 Å². The van der Waals surface area contributed by atoms with Gasteiger partial charge in [0.2, 0.25) is 0 Å². The van der Waals surface area contributed by atoms with E-state index in [2.05, 4.69) is 57.8 Å². The van der Waals surface area contributed by atoms with Crippen molar-refractivity contribution in [1.82, 2.24) is 25.1 Å². The average molecular weight is 365 g/mol. The van der Waals surface area contributed by atoms with Crippen LogP contribution in [0.25, 0.3) is 0 Å². The Bertz CT molecular complexity index is 503. The summed E-state index contributed by atoms with van der Waals surface area (Å²) in [6.07, 6.45) is 4.38. The molecule has 1 aliphatic rings. The van der Waals surface area contributed by atoms with Crippen molar-refractivity contribution in [3.05, 3.63) is 17.7 Å². The first kappa shape index (κ1) is 22.6. The van der Waals surface area contributed by atoms with Crippen LogP contribution < -0.4 is 10.6 Å². The Kier molecular flexibility index (Phi) is 11.2. The molecule has 1 aromatic rings. The molecule has 0 amide bonds. The van der Waals surface area contributed by atoms with Crippen LogP contribution in [-0.2, 0) is 6.54 Å². The van der Waals surface area contributed by atoms with Gasteiger partial charge in [0.1, 0.15) is 5.82 Å². The molecule has 6 nitrogen and oxygen atoms in total. The fourth-order valence-corrected chi connectivity index (χ4v) is 3.21. The molecule has 2 N–H and O–H groups in total. The second kappa shape index (κ2) is 12.9. The lowest BCUT2D eigenvalue weighted by molar-refractivity contribution is 0.357. The Morgan fingerprint density at radius 3 is 2.12 bits per heavy atom. The Morgan fingerprint density at radius 2 is 1.62 bits per heavy atom. The summed E-state index contributed by atoms with van der Waals surface area (Å²) in [7, 11) is 0. The first-order valence-electron chi connectivity index (χ1n) is 10.3. The third-order valence-electron chi connectivity index (χ3n) is 4.79. The molecule has 0 fully saturated rings. The largest absolute Gasteiger partial charge is 0.355 e. The van der Waals surface area contributed by atoms with Crippen LogP contribution in [0.4, 0.5) is 0 Å². The van der Waals surface area contributed by atoms with Crippen LogP contribution in [0.15, 0.2) is 11.2 Å². The van der Waals surface area contributed by atoms with E-state index in [4.69, 9.17) is 0 Å². The number of aliphatic imine (C=N–C) groups is 1. The summed E-state index contributed by atoms with van der Waals surface area (Å²) in [4.78, 5) is 11.2. The standard InChI is InChI=1S/C18H34N6.C2H6/c1-15-13-21-17(3)23(15)11-9-19-7-5-6-8-20-10-12-24-16(2)14-22-18(24)4;1-2/h13,16,19-20H,5-12,14H2,1-4H3;1-2H3. The van der Waals surface area contributed by atoms with Crippen molar-refractivity contribution in [2.24, 2.45) is 4.99 Å². The van der Waals surface area contributed by atoms with Gasteiger partial charge in [0.25, 0.3) is 0 Å². The highest BCUT2D eigenvalue weighted by molar-refractivity contribution is 5.81. The highest BCUT2D eigenvalue weighted by Crippen LogP contribution is 2.08. The van der Waals surface area contributed by atoms with E-state index in [9.17, 15) is 0 Å².